The monoisotopic (exact) mass is 362 g/mol. The molecule has 0 saturated carbocycles. The summed E-state index contributed by atoms with van der Waals surface area (Å²) in [5.74, 6) is -0.360. The number of carbonyl (C=O) groups excluding carboxylic acids is 3. The minimum atomic E-state index is -0.608. The third-order valence-electron chi connectivity index (χ3n) is 3.94. The Morgan fingerprint density at radius 2 is 2.04 bits per heavy atom. The van der Waals surface area contributed by atoms with Gasteiger partial charge in [-0.2, -0.15) is 0 Å². The van der Waals surface area contributed by atoms with E-state index < -0.39 is 12.1 Å². The van der Waals surface area contributed by atoms with Crippen LogP contribution in [0.4, 0.5) is 10.5 Å². The molecular weight excluding hydrogens is 338 g/mol. The molecule has 3 amide bonds. The van der Waals surface area contributed by atoms with Crippen LogP contribution in [0.2, 0.25) is 0 Å². The first-order valence-electron chi connectivity index (χ1n) is 8.42. The van der Waals surface area contributed by atoms with E-state index in [9.17, 15) is 14.4 Å². The number of nitrogens with two attached hydrogens (primary N) is 2. The fraction of sp³-hybridized carbons (Fsp3) is 0.412. The number of amides is 3. The van der Waals surface area contributed by atoms with Crippen LogP contribution in [0.1, 0.15) is 25.3 Å². The number of esters is 1. The topological polar surface area (TPSA) is 139 Å². The number of hydrogen-bond donors (Lipinski definition) is 4. The summed E-state index contributed by atoms with van der Waals surface area (Å²) in [6, 6.07) is 5.89. The second kappa shape index (κ2) is 8.84. The highest BCUT2D eigenvalue weighted by molar-refractivity contribution is 6.01. The molecule has 1 atom stereocenters. The molecule has 2 rings (SSSR count). The summed E-state index contributed by atoms with van der Waals surface area (Å²) < 4.78 is 4.77. The fourth-order valence-electron chi connectivity index (χ4n) is 2.62. The molecule has 140 valence electrons. The van der Waals surface area contributed by atoms with Crippen LogP contribution >= 0.6 is 0 Å². The lowest BCUT2D eigenvalue weighted by Crippen LogP contribution is -2.46. The van der Waals surface area contributed by atoms with Crippen molar-refractivity contribution in [1.82, 2.24) is 10.6 Å². The molecule has 0 aliphatic carbocycles. The highest BCUT2D eigenvalue weighted by Crippen LogP contribution is 2.21. The lowest BCUT2D eigenvalue weighted by molar-refractivity contribution is -0.142. The smallest absolute Gasteiger partial charge is 0.315 e. The van der Waals surface area contributed by atoms with Crippen molar-refractivity contribution >= 4 is 29.4 Å². The van der Waals surface area contributed by atoms with Gasteiger partial charge in [-0.05, 0) is 37.6 Å². The average molecular weight is 362 g/mol. The summed E-state index contributed by atoms with van der Waals surface area (Å²) in [6.07, 6.45) is 0.580. The number of nitrogens with zero attached hydrogens (tertiary/aromatic N) is 1. The summed E-state index contributed by atoms with van der Waals surface area (Å²) in [7, 11) is 0. The lowest BCUT2D eigenvalue weighted by Gasteiger charge is -2.17. The molecule has 26 heavy (non-hydrogen) atoms. The van der Waals surface area contributed by atoms with E-state index in [1.54, 1.807) is 36.1 Å². The Labute approximate surface area is 151 Å². The molecule has 9 nitrogen and oxygen atoms in total. The van der Waals surface area contributed by atoms with E-state index in [4.69, 9.17) is 15.9 Å². The maximum absolute atomic E-state index is 12.5. The quantitative estimate of drug-likeness (QED) is 0.266. The van der Waals surface area contributed by atoms with Crippen LogP contribution in [0.3, 0.4) is 0 Å². The number of urea groups is 1. The molecule has 6 N–H and O–H groups in total. The fourth-order valence-corrected chi connectivity index (χ4v) is 2.62. The Morgan fingerprint density at radius 1 is 1.35 bits per heavy atom. The summed E-state index contributed by atoms with van der Waals surface area (Å²) in [6.45, 7) is 2.65. The minimum Gasteiger partial charge on any atom is -0.466 e. The predicted molar refractivity (Wildman–Crippen MR) is 95.2 cm³/mol. The number of hydrogen-bond acceptors (Lipinski definition) is 4. The van der Waals surface area contributed by atoms with E-state index >= 15 is 0 Å². The van der Waals surface area contributed by atoms with Crippen molar-refractivity contribution in [1.29, 1.82) is 0 Å². The van der Waals surface area contributed by atoms with Gasteiger partial charge in [0.2, 0.25) is 5.91 Å². The Kier molecular flexibility index (Phi) is 6.54. The molecule has 1 saturated heterocycles. The summed E-state index contributed by atoms with van der Waals surface area (Å²) in [5, 5.41) is 10.7. The molecule has 0 radical (unpaired) electrons. The molecule has 1 aliphatic rings. The van der Waals surface area contributed by atoms with E-state index in [1.807, 2.05) is 0 Å². The van der Waals surface area contributed by atoms with Gasteiger partial charge in [-0.1, -0.05) is 0 Å². The van der Waals surface area contributed by atoms with Crippen molar-refractivity contribution in [2.45, 2.75) is 25.8 Å². The van der Waals surface area contributed by atoms with Gasteiger partial charge in [0.25, 0.3) is 5.84 Å². The number of rotatable bonds is 7. The molecule has 0 spiro atoms. The van der Waals surface area contributed by atoms with Crippen LogP contribution in [-0.2, 0) is 14.3 Å². The number of anilines is 1. The molecule has 0 aromatic heterocycles. The first kappa shape index (κ1) is 19.2. The first-order chi connectivity index (χ1) is 12.4. The number of nitrogens with one attached hydrogen (secondary N) is 2. The van der Waals surface area contributed by atoms with Gasteiger partial charge in [0, 0.05) is 18.8 Å². The maximum Gasteiger partial charge on any atom is 0.315 e. The summed E-state index contributed by atoms with van der Waals surface area (Å²) >= 11 is 0. The zero-order chi connectivity index (χ0) is 19.1. The number of benzene rings is 1. The van der Waals surface area contributed by atoms with Gasteiger partial charge in [-0.15, -0.1) is 0 Å². The lowest BCUT2D eigenvalue weighted by atomic mass is 10.2. The molecule has 1 fully saturated rings. The molecule has 1 aromatic rings. The van der Waals surface area contributed by atoms with Gasteiger partial charge in [0.05, 0.1) is 18.6 Å². The van der Waals surface area contributed by atoms with E-state index in [0.29, 0.717) is 30.8 Å². The maximum atomic E-state index is 12.5. The van der Waals surface area contributed by atoms with Gasteiger partial charge >= 0.3 is 12.0 Å². The number of ether oxygens (including phenoxy) is 1. The van der Waals surface area contributed by atoms with Gasteiger partial charge in [0.15, 0.2) is 0 Å². The molecule has 0 unspecified atom stereocenters. The zero-order valence-corrected chi connectivity index (χ0v) is 14.7. The predicted octanol–water partition coefficient (Wildman–Crippen LogP) is -1.49. The Balaban J connectivity index is 1.83. The minimum absolute atomic E-state index is 0.0830. The van der Waals surface area contributed by atoms with Crippen molar-refractivity contribution in [3.63, 3.8) is 0 Å². The van der Waals surface area contributed by atoms with E-state index in [0.717, 1.165) is 0 Å². The van der Waals surface area contributed by atoms with Crippen molar-refractivity contribution in [2.24, 2.45) is 5.73 Å². The van der Waals surface area contributed by atoms with Gasteiger partial charge in [-0.25, -0.2) is 4.79 Å². The van der Waals surface area contributed by atoms with Crippen molar-refractivity contribution in [2.75, 3.05) is 24.6 Å². The second-order valence-electron chi connectivity index (χ2n) is 5.79. The first-order valence-corrected chi connectivity index (χ1v) is 8.42. The SMILES string of the molecule is CCOC(=O)CCNC(=O)N[C@@H]1CCN(c2ccc(C(N)=[NH2+])cc2)C1=O. The van der Waals surface area contributed by atoms with Crippen LogP contribution in [0.5, 0.6) is 0 Å². The van der Waals surface area contributed by atoms with E-state index in [1.165, 1.54) is 0 Å². The van der Waals surface area contributed by atoms with Crippen LogP contribution in [0.15, 0.2) is 24.3 Å². The Morgan fingerprint density at radius 3 is 2.65 bits per heavy atom. The Hall–Kier alpha value is -3.10. The normalized spacial score (nSPS) is 16.3. The molecule has 1 aliphatic heterocycles. The number of carbonyl (C=O) groups is 3. The van der Waals surface area contributed by atoms with Crippen molar-refractivity contribution in [3.8, 4) is 0 Å². The van der Waals surface area contributed by atoms with Gasteiger partial charge in [0.1, 0.15) is 6.04 Å². The Bertz CT molecular complexity index is 689. The molecule has 0 bridgehead atoms. The zero-order valence-electron chi connectivity index (χ0n) is 14.7. The molecule has 1 aromatic carbocycles. The molecular formula is C17H24N5O4+. The van der Waals surface area contributed by atoms with E-state index in [-0.39, 0.29) is 30.7 Å². The standard InChI is InChI=1S/C17H23N5O4/c1-2-26-14(23)7-9-20-17(25)21-13-8-10-22(16(13)24)12-5-3-11(4-6-12)15(18)19/h3-6,13H,2,7-10H2,1H3,(H3,18,19)(H2,20,21,25)/p+1/t13-/m1/s1. The van der Waals surface area contributed by atoms with Crippen LogP contribution in [0.25, 0.3) is 0 Å². The average Bonchev–Trinajstić information content (AvgIpc) is 2.96. The van der Waals surface area contributed by atoms with Crippen LogP contribution < -0.4 is 26.7 Å². The summed E-state index contributed by atoms with van der Waals surface area (Å²) in [5.41, 5.74) is 6.93. The largest absolute Gasteiger partial charge is 0.466 e. The van der Waals surface area contributed by atoms with Crippen molar-refractivity contribution in [3.05, 3.63) is 29.8 Å². The highest BCUT2D eigenvalue weighted by atomic mass is 16.5. The summed E-state index contributed by atoms with van der Waals surface area (Å²) in [4.78, 5) is 37.2. The van der Waals surface area contributed by atoms with Gasteiger partial charge < -0.3 is 20.3 Å². The second-order valence-corrected chi connectivity index (χ2v) is 5.79. The van der Waals surface area contributed by atoms with E-state index in [2.05, 4.69) is 10.6 Å². The molecule has 9 heteroatoms. The van der Waals surface area contributed by atoms with Crippen LogP contribution in [-0.4, -0.2) is 49.5 Å². The van der Waals surface area contributed by atoms with Gasteiger partial charge in [-0.3, -0.25) is 20.7 Å². The number of amidine groups is 1. The van der Waals surface area contributed by atoms with Crippen molar-refractivity contribution < 1.29 is 24.5 Å². The third-order valence-corrected chi connectivity index (χ3v) is 3.94. The highest BCUT2D eigenvalue weighted by Gasteiger charge is 2.33. The molecule has 1 heterocycles. The third kappa shape index (κ3) is 4.95. The van der Waals surface area contributed by atoms with Crippen LogP contribution in [0, 0.1) is 0 Å².